The van der Waals surface area contributed by atoms with Gasteiger partial charge in [0.05, 0.1) is 6.61 Å². The van der Waals surface area contributed by atoms with E-state index in [9.17, 15) is 9.18 Å². The Morgan fingerprint density at radius 1 is 1.35 bits per heavy atom. The molecule has 3 nitrogen and oxygen atoms in total. The molecule has 2 rings (SSSR count). The summed E-state index contributed by atoms with van der Waals surface area (Å²) in [7, 11) is 0. The number of ether oxygens (including phenoxy) is 2. The third-order valence-electron chi connectivity index (χ3n) is 3.90. The average Bonchev–Trinajstić information content (AvgIpc) is 2.99. The van der Waals surface area contributed by atoms with Gasteiger partial charge in [0.15, 0.2) is 5.60 Å². The van der Waals surface area contributed by atoms with Gasteiger partial charge in [-0.15, -0.1) is 0 Å². The minimum Gasteiger partial charge on any atom is -0.464 e. The first-order valence-corrected chi connectivity index (χ1v) is 7.10. The highest BCUT2D eigenvalue weighted by atomic mass is 19.1. The Hall–Kier alpha value is -1.42. The predicted molar refractivity (Wildman–Crippen MR) is 73.9 cm³/mol. The molecule has 1 aromatic rings. The minimum absolute atomic E-state index is 0.265. The lowest BCUT2D eigenvalue weighted by atomic mass is 9.85. The summed E-state index contributed by atoms with van der Waals surface area (Å²) in [6.07, 6.45) is 1.78. The molecule has 0 saturated carbocycles. The molecule has 1 aromatic carbocycles. The lowest BCUT2D eigenvalue weighted by molar-refractivity contribution is -0.149. The van der Waals surface area contributed by atoms with Gasteiger partial charge in [-0.1, -0.05) is 31.5 Å². The molecule has 110 valence electrons. The Balaban J connectivity index is 2.19. The van der Waals surface area contributed by atoms with Gasteiger partial charge < -0.3 is 9.47 Å². The van der Waals surface area contributed by atoms with Crippen LogP contribution in [0.4, 0.5) is 4.39 Å². The number of carbonyl (C=O) groups is 1. The van der Waals surface area contributed by atoms with Crippen molar-refractivity contribution in [3.05, 3.63) is 35.6 Å². The van der Waals surface area contributed by atoms with Crippen molar-refractivity contribution in [1.82, 2.24) is 0 Å². The Kier molecular flexibility index (Phi) is 4.14. The smallest absolute Gasteiger partial charge is 0.341 e. The van der Waals surface area contributed by atoms with Crippen molar-refractivity contribution in [2.24, 2.45) is 0 Å². The summed E-state index contributed by atoms with van der Waals surface area (Å²) in [6.45, 7) is 5.94. The first kappa shape index (κ1) is 15.0. The zero-order valence-electron chi connectivity index (χ0n) is 12.2. The highest BCUT2D eigenvalue weighted by Gasteiger charge is 2.71. The second-order valence-corrected chi connectivity index (χ2v) is 5.40. The standard InChI is InChI=1S/C16H21FO3/c1-4-10-16(14(18)19-5-2)15(3,20-16)11-12-8-6-7-9-13(12)17/h6-9H,4-5,10-11H2,1-3H3. The lowest BCUT2D eigenvalue weighted by Gasteiger charge is -2.15. The van der Waals surface area contributed by atoms with E-state index in [0.717, 1.165) is 6.42 Å². The van der Waals surface area contributed by atoms with Crippen molar-refractivity contribution in [3.8, 4) is 0 Å². The van der Waals surface area contributed by atoms with E-state index in [2.05, 4.69) is 0 Å². The molecule has 20 heavy (non-hydrogen) atoms. The maximum atomic E-state index is 13.8. The second-order valence-electron chi connectivity index (χ2n) is 5.40. The lowest BCUT2D eigenvalue weighted by Crippen LogP contribution is -2.35. The summed E-state index contributed by atoms with van der Waals surface area (Å²) >= 11 is 0. The van der Waals surface area contributed by atoms with Gasteiger partial charge in [0.2, 0.25) is 0 Å². The molecule has 1 saturated heterocycles. The molecule has 2 unspecified atom stereocenters. The van der Waals surface area contributed by atoms with Gasteiger partial charge in [-0.25, -0.2) is 9.18 Å². The normalized spacial score (nSPS) is 28.2. The molecule has 0 aliphatic carbocycles. The fraction of sp³-hybridized carbons (Fsp3) is 0.562. The topological polar surface area (TPSA) is 38.8 Å². The van der Waals surface area contributed by atoms with Crippen LogP contribution in [0.3, 0.4) is 0 Å². The van der Waals surface area contributed by atoms with Crippen LogP contribution in [0.2, 0.25) is 0 Å². The molecule has 1 aliphatic rings. The average molecular weight is 280 g/mol. The van der Waals surface area contributed by atoms with Crippen molar-refractivity contribution in [2.45, 2.75) is 51.2 Å². The fourth-order valence-electron chi connectivity index (χ4n) is 2.82. The van der Waals surface area contributed by atoms with Crippen LogP contribution < -0.4 is 0 Å². The summed E-state index contributed by atoms with van der Waals surface area (Å²) in [5.74, 6) is -0.598. The van der Waals surface area contributed by atoms with Crippen molar-refractivity contribution in [2.75, 3.05) is 6.61 Å². The fourth-order valence-corrected chi connectivity index (χ4v) is 2.82. The van der Waals surface area contributed by atoms with Crippen LogP contribution in [0.5, 0.6) is 0 Å². The Bertz CT molecular complexity index is 502. The summed E-state index contributed by atoms with van der Waals surface area (Å²) < 4.78 is 24.7. The van der Waals surface area contributed by atoms with Crippen LogP contribution in [-0.2, 0) is 20.7 Å². The molecule has 0 aromatic heterocycles. The van der Waals surface area contributed by atoms with E-state index in [0.29, 0.717) is 25.0 Å². The molecule has 0 amide bonds. The number of carbonyl (C=O) groups excluding carboxylic acids is 1. The van der Waals surface area contributed by atoms with Gasteiger partial charge in [-0.3, -0.25) is 0 Å². The first-order valence-electron chi connectivity index (χ1n) is 7.10. The van der Waals surface area contributed by atoms with E-state index < -0.39 is 11.2 Å². The van der Waals surface area contributed by atoms with E-state index in [1.54, 1.807) is 25.1 Å². The van der Waals surface area contributed by atoms with Crippen molar-refractivity contribution in [3.63, 3.8) is 0 Å². The van der Waals surface area contributed by atoms with E-state index in [4.69, 9.17) is 9.47 Å². The quantitative estimate of drug-likeness (QED) is 0.593. The highest BCUT2D eigenvalue weighted by Crippen LogP contribution is 2.53. The van der Waals surface area contributed by atoms with Crippen molar-refractivity contribution < 1.29 is 18.7 Å². The summed E-state index contributed by atoms with van der Waals surface area (Å²) in [6, 6.07) is 6.59. The van der Waals surface area contributed by atoms with Gasteiger partial charge in [0.1, 0.15) is 11.4 Å². The van der Waals surface area contributed by atoms with E-state index >= 15 is 0 Å². The summed E-state index contributed by atoms with van der Waals surface area (Å²) in [5, 5.41) is 0. The molecule has 0 radical (unpaired) electrons. The zero-order chi connectivity index (χ0) is 14.8. The van der Waals surface area contributed by atoms with Crippen molar-refractivity contribution in [1.29, 1.82) is 0 Å². The maximum absolute atomic E-state index is 13.8. The van der Waals surface area contributed by atoms with Gasteiger partial charge in [0, 0.05) is 6.42 Å². The number of benzene rings is 1. The first-order chi connectivity index (χ1) is 9.49. The van der Waals surface area contributed by atoms with Gasteiger partial charge in [-0.2, -0.15) is 0 Å². The maximum Gasteiger partial charge on any atom is 0.341 e. The number of hydrogen-bond acceptors (Lipinski definition) is 3. The largest absolute Gasteiger partial charge is 0.464 e. The van der Waals surface area contributed by atoms with Crippen LogP contribution in [0.25, 0.3) is 0 Å². The van der Waals surface area contributed by atoms with Crippen LogP contribution in [0.1, 0.15) is 39.2 Å². The molecule has 0 spiro atoms. The number of halogens is 1. The molecule has 1 fully saturated rings. The predicted octanol–water partition coefficient (Wildman–Crippen LogP) is 3.26. The number of rotatable bonds is 6. The minimum atomic E-state index is -0.917. The van der Waals surface area contributed by atoms with Crippen LogP contribution in [0.15, 0.2) is 24.3 Å². The number of hydrogen-bond donors (Lipinski definition) is 0. The van der Waals surface area contributed by atoms with Gasteiger partial charge in [-0.05, 0) is 31.9 Å². The van der Waals surface area contributed by atoms with Crippen LogP contribution >= 0.6 is 0 Å². The van der Waals surface area contributed by atoms with Crippen molar-refractivity contribution >= 4 is 5.97 Å². The molecule has 1 heterocycles. The van der Waals surface area contributed by atoms with E-state index in [-0.39, 0.29) is 11.8 Å². The Labute approximate surface area is 119 Å². The third-order valence-corrected chi connectivity index (χ3v) is 3.90. The van der Waals surface area contributed by atoms with E-state index in [1.165, 1.54) is 6.07 Å². The molecule has 4 heteroatoms. The SMILES string of the molecule is CCCC1(C(=O)OCC)OC1(C)Cc1ccccc1F. The van der Waals surface area contributed by atoms with Crippen LogP contribution in [-0.4, -0.2) is 23.8 Å². The summed E-state index contributed by atoms with van der Waals surface area (Å²) in [4.78, 5) is 12.2. The molecular formula is C16H21FO3. The zero-order valence-corrected chi connectivity index (χ0v) is 12.2. The Morgan fingerprint density at radius 2 is 2.05 bits per heavy atom. The highest BCUT2D eigenvalue weighted by molar-refractivity contribution is 5.85. The third kappa shape index (κ3) is 2.44. The molecule has 2 atom stereocenters. The summed E-state index contributed by atoms with van der Waals surface area (Å²) in [5.41, 5.74) is -1.03. The Morgan fingerprint density at radius 3 is 2.65 bits per heavy atom. The molecule has 0 N–H and O–H groups in total. The van der Waals surface area contributed by atoms with Gasteiger partial charge in [0.25, 0.3) is 0 Å². The molecular weight excluding hydrogens is 259 g/mol. The van der Waals surface area contributed by atoms with E-state index in [1.807, 2.05) is 13.8 Å². The van der Waals surface area contributed by atoms with Crippen LogP contribution in [0, 0.1) is 5.82 Å². The molecule has 0 bridgehead atoms. The molecule has 1 aliphatic heterocycles. The second kappa shape index (κ2) is 5.52. The number of epoxide rings is 1. The number of esters is 1. The monoisotopic (exact) mass is 280 g/mol. The van der Waals surface area contributed by atoms with Gasteiger partial charge >= 0.3 is 5.97 Å².